The molecule has 14 heteroatoms. The van der Waals surface area contributed by atoms with Crippen LogP contribution in [0, 0.1) is 29.0 Å². The molecular formula is C40H64FN5O8. The van der Waals surface area contributed by atoms with Crippen molar-refractivity contribution >= 4 is 29.6 Å². The Morgan fingerprint density at radius 1 is 0.981 bits per heavy atom. The Balaban J connectivity index is 1.80. The first-order chi connectivity index (χ1) is 25.3. The summed E-state index contributed by atoms with van der Waals surface area (Å²) in [4.78, 5) is 72.3. The van der Waals surface area contributed by atoms with Crippen molar-refractivity contribution < 1.29 is 42.9 Å². The molecule has 1 aliphatic carbocycles. The topological polar surface area (TPSA) is 158 Å². The van der Waals surface area contributed by atoms with Crippen LogP contribution in [0.25, 0.3) is 0 Å². The zero-order valence-corrected chi connectivity index (χ0v) is 34.1. The molecule has 13 nitrogen and oxygen atoms in total. The number of benzene rings is 1. The number of nitrogens with zero attached hydrogens (tertiary/aromatic N) is 3. The molecule has 1 aliphatic heterocycles. The van der Waals surface area contributed by atoms with E-state index < -0.39 is 66.0 Å². The summed E-state index contributed by atoms with van der Waals surface area (Å²) in [5.74, 6) is -4.04. The molecule has 1 aromatic carbocycles. The highest BCUT2D eigenvalue weighted by Gasteiger charge is 2.56. The van der Waals surface area contributed by atoms with Gasteiger partial charge in [0.2, 0.25) is 23.6 Å². The Morgan fingerprint density at radius 2 is 1.61 bits per heavy atom. The molecule has 1 spiro atoms. The van der Waals surface area contributed by atoms with E-state index in [1.807, 2.05) is 46.7 Å². The third-order valence-corrected chi connectivity index (χ3v) is 11.6. The number of nitrogens with one attached hydrogen (secondary N) is 2. The first-order valence-electron chi connectivity index (χ1n) is 19.2. The minimum Gasteiger partial charge on any atom is -0.480 e. The lowest BCUT2D eigenvalue weighted by Crippen LogP contribution is -2.57. The largest absolute Gasteiger partial charge is 0.480 e. The van der Waals surface area contributed by atoms with Crippen LogP contribution in [0.1, 0.15) is 79.2 Å². The quantitative estimate of drug-likeness (QED) is 0.181. The molecule has 3 N–H and O–H groups in total. The zero-order chi connectivity index (χ0) is 40.7. The number of ether oxygens (including phenoxy) is 2. The van der Waals surface area contributed by atoms with Gasteiger partial charge in [0, 0.05) is 34.2 Å². The van der Waals surface area contributed by atoms with E-state index >= 15 is 0 Å². The van der Waals surface area contributed by atoms with Gasteiger partial charge in [0.05, 0.1) is 42.7 Å². The predicted octanol–water partition coefficient (Wildman–Crippen LogP) is 3.34. The molecule has 304 valence electrons. The minimum absolute atomic E-state index is 0.0308. The number of carbonyl (C=O) groups excluding carboxylic acids is 4. The van der Waals surface area contributed by atoms with Crippen LogP contribution in [0.15, 0.2) is 24.3 Å². The second-order valence-electron chi connectivity index (χ2n) is 16.2. The van der Waals surface area contributed by atoms with Crippen LogP contribution in [0.3, 0.4) is 0 Å². The van der Waals surface area contributed by atoms with Gasteiger partial charge in [0.25, 0.3) is 0 Å². The van der Waals surface area contributed by atoms with Crippen molar-refractivity contribution in [3.05, 3.63) is 35.6 Å². The van der Waals surface area contributed by atoms with Gasteiger partial charge in [-0.05, 0) is 69.2 Å². The number of aliphatic carboxylic acids is 1. The van der Waals surface area contributed by atoms with Crippen molar-refractivity contribution in [1.82, 2.24) is 25.3 Å². The van der Waals surface area contributed by atoms with E-state index in [4.69, 9.17) is 9.47 Å². The van der Waals surface area contributed by atoms with Gasteiger partial charge in [0.15, 0.2) is 0 Å². The molecule has 3 rings (SSSR count). The molecule has 9 atom stereocenters. The van der Waals surface area contributed by atoms with Gasteiger partial charge in [-0.1, -0.05) is 59.2 Å². The first-order valence-corrected chi connectivity index (χ1v) is 19.2. The number of halogens is 1. The van der Waals surface area contributed by atoms with Crippen LogP contribution < -0.4 is 10.6 Å². The maximum atomic E-state index is 14.4. The first kappa shape index (κ1) is 44.8. The molecule has 1 saturated heterocycles. The number of methoxy groups -OCH3 is 2. The van der Waals surface area contributed by atoms with E-state index in [1.54, 1.807) is 36.8 Å². The van der Waals surface area contributed by atoms with Crippen LogP contribution in [0.2, 0.25) is 0 Å². The second kappa shape index (κ2) is 19.3. The second-order valence-corrected chi connectivity index (χ2v) is 16.2. The molecule has 4 amide bonds. The Hall–Kier alpha value is -3.62. The normalized spacial score (nSPS) is 20.8. The van der Waals surface area contributed by atoms with E-state index in [9.17, 15) is 33.5 Å². The van der Waals surface area contributed by atoms with Crippen molar-refractivity contribution in [3.63, 3.8) is 0 Å². The zero-order valence-electron chi connectivity index (χ0n) is 34.1. The summed E-state index contributed by atoms with van der Waals surface area (Å²) in [6.07, 6.45) is 1.49. The number of carboxylic acid groups (broad SMARTS) is 1. The van der Waals surface area contributed by atoms with Gasteiger partial charge in [-0.15, -0.1) is 0 Å². The average molecular weight is 762 g/mol. The van der Waals surface area contributed by atoms with Gasteiger partial charge >= 0.3 is 5.97 Å². The lowest BCUT2D eigenvalue weighted by molar-refractivity contribution is -0.147. The lowest BCUT2D eigenvalue weighted by atomic mass is 9.89. The van der Waals surface area contributed by atoms with Crippen molar-refractivity contribution in [1.29, 1.82) is 0 Å². The summed E-state index contributed by atoms with van der Waals surface area (Å²) < 4.78 is 26.3. The number of likely N-dealkylation sites (tertiary alicyclic amines) is 1. The third kappa shape index (κ3) is 10.8. The maximum absolute atomic E-state index is 14.4. The highest BCUT2D eigenvalue weighted by molar-refractivity contribution is 5.90. The summed E-state index contributed by atoms with van der Waals surface area (Å²) in [7, 11) is 8.33. The fraction of sp³-hybridized carbons (Fsp3) is 0.725. The smallest absolute Gasteiger partial charge is 0.326 e. The van der Waals surface area contributed by atoms with Crippen molar-refractivity contribution in [2.75, 3.05) is 41.9 Å². The van der Waals surface area contributed by atoms with Gasteiger partial charge in [-0.25, -0.2) is 9.18 Å². The fourth-order valence-corrected chi connectivity index (χ4v) is 8.25. The summed E-state index contributed by atoms with van der Waals surface area (Å²) in [6, 6.07) is 2.27. The van der Waals surface area contributed by atoms with Crippen LogP contribution in [-0.4, -0.2) is 134 Å². The van der Waals surface area contributed by atoms with Crippen molar-refractivity contribution in [2.24, 2.45) is 23.2 Å². The number of likely N-dealkylation sites (N-methyl/N-ethyl adjacent to an activating group) is 2. The van der Waals surface area contributed by atoms with Gasteiger partial charge in [-0.3, -0.25) is 24.1 Å². The van der Waals surface area contributed by atoms with Crippen LogP contribution in [0.5, 0.6) is 0 Å². The van der Waals surface area contributed by atoms with Crippen LogP contribution in [-0.2, 0) is 39.9 Å². The molecule has 0 unspecified atom stereocenters. The molecule has 0 radical (unpaired) electrons. The number of rotatable bonds is 20. The molecular weight excluding hydrogens is 697 g/mol. The van der Waals surface area contributed by atoms with Gasteiger partial charge < -0.3 is 35.0 Å². The molecule has 0 aromatic heterocycles. The van der Waals surface area contributed by atoms with Gasteiger partial charge in [-0.2, -0.15) is 0 Å². The summed E-state index contributed by atoms with van der Waals surface area (Å²) in [6.45, 7) is 11.7. The molecule has 1 saturated carbocycles. The highest BCUT2D eigenvalue weighted by Crippen LogP contribution is 2.56. The number of carboxylic acids is 1. The van der Waals surface area contributed by atoms with E-state index in [-0.39, 0.29) is 53.4 Å². The van der Waals surface area contributed by atoms with E-state index in [2.05, 4.69) is 10.6 Å². The Kier molecular flexibility index (Phi) is 16.0. The number of hydrogen-bond donors (Lipinski definition) is 3. The fourth-order valence-electron chi connectivity index (χ4n) is 8.25. The highest BCUT2D eigenvalue weighted by atomic mass is 19.1. The molecule has 1 heterocycles. The Bertz CT molecular complexity index is 1460. The van der Waals surface area contributed by atoms with Crippen LogP contribution >= 0.6 is 0 Å². The van der Waals surface area contributed by atoms with E-state index in [1.165, 1.54) is 32.4 Å². The minimum atomic E-state index is -1.37. The van der Waals surface area contributed by atoms with Crippen LogP contribution in [0.4, 0.5) is 4.39 Å². The number of hydrogen-bond acceptors (Lipinski definition) is 8. The predicted molar refractivity (Wildman–Crippen MR) is 203 cm³/mol. The summed E-state index contributed by atoms with van der Waals surface area (Å²) in [5, 5.41) is 15.3. The molecule has 54 heavy (non-hydrogen) atoms. The van der Waals surface area contributed by atoms with E-state index in [0.29, 0.717) is 19.4 Å². The Labute approximate surface area is 320 Å². The maximum Gasteiger partial charge on any atom is 0.326 e. The SMILES string of the molecule is CC[C@H](C)[C@@H]([C@@H](CC(=O)N1CC2(CC2)C[C@H]1[C@H](OC)[C@@H](C)C(=O)N[C@@H](Cc1ccccc1F)C(=O)O)OC)N(C)C(=O)[C@H](C)NC(=O)[C@H](C(C)C)N(C)C. The molecule has 2 fully saturated rings. The summed E-state index contributed by atoms with van der Waals surface area (Å²) in [5.41, 5.74) is 0.0877. The number of amides is 4. The Morgan fingerprint density at radius 3 is 2.11 bits per heavy atom. The lowest BCUT2D eigenvalue weighted by Gasteiger charge is -2.40. The standard InChI is InChI=1S/C40H64FN5O8/c1-12-24(4)34(45(9)38(50)26(6)42-37(49)33(23(2)3)44(7)8)31(53-10)20-32(47)46-22-40(17-18-40)21-30(46)35(54-11)25(5)36(48)43-29(39(51)52)19-27-15-13-14-16-28(27)41/h13-16,23-26,29-31,33-35H,12,17-22H2,1-11H3,(H,42,49)(H,43,48)(H,51,52)/t24-,25+,26-,29-,30-,31+,33-,34-,35+/m0/s1. The summed E-state index contributed by atoms with van der Waals surface area (Å²) >= 11 is 0. The third-order valence-electron chi connectivity index (χ3n) is 11.6. The van der Waals surface area contributed by atoms with Gasteiger partial charge in [0.1, 0.15) is 17.9 Å². The number of carbonyl (C=O) groups is 5. The van der Waals surface area contributed by atoms with E-state index in [0.717, 1.165) is 12.8 Å². The average Bonchev–Trinajstić information content (AvgIpc) is 3.77. The molecule has 0 bridgehead atoms. The monoisotopic (exact) mass is 761 g/mol. The van der Waals surface area contributed by atoms with Crippen molar-refractivity contribution in [2.45, 2.75) is 122 Å². The van der Waals surface area contributed by atoms with Crippen molar-refractivity contribution in [3.8, 4) is 0 Å². The molecule has 2 aliphatic rings. The molecule has 1 aromatic rings.